The SMILES string of the molecule is Nc1ccc([N+](=O)[O-])c(C=CCO)c1. The highest BCUT2D eigenvalue weighted by Crippen LogP contribution is 2.22. The molecule has 1 aromatic rings. The van der Waals surface area contributed by atoms with Gasteiger partial charge in [-0.1, -0.05) is 6.08 Å². The van der Waals surface area contributed by atoms with Crippen LogP contribution in [0, 0.1) is 10.1 Å². The van der Waals surface area contributed by atoms with Crippen molar-refractivity contribution in [1.82, 2.24) is 0 Å². The van der Waals surface area contributed by atoms with Crippen molar-refractivity contribution in [3.05, 3.63) is 40.0 Å². The van der Waals surface area contributed by atoms with Crippen molar-refractivity contribution in [3.63, 3.8) is 0 Å². The zero-order chi connectivity index (χ0) is 10.6. The van der Waals surface area contributed by atoms with Crippen molar-refractivity contribution in [2.75, 3.05) is 12.3 Å². The number of nitro benzene ring substituents is 1. The van der Waals surface area contributed by atoms with E-state index in [9.17, 15) is 10.1 Å². The molecule has 5 heteroatoms. The molecular formula is C9H10N2O3. The van der Waals surface area contributed by atoms with Crippen molar-refractivity contribution in [1.29, 1.82) is 0 Å². The molecule has 0 aliphatic heterocycles. The topological polar surface area (TPSA) is 89.4 Å². The van der Waals surface area contributed by atoms with Gasteiger partial charge in [0.05, 0.1) is 17.1 Å². The Hall–Kier alpha value is -1.88. The van der Waals surface area contributed by atoms with E-state index in [-0.39, 0.29) is 12.3 Å². The van der Waals surface area contributed by atoms with Crippen LogP contribution in [0.15, 0.2) is 24.3 Å². The monoisotopic (exact) mass is 194 g/mol. The van der Waals surface area contributed by atoms with Gasteiger partial charge in [0.1, 0.15) is 0 Å². The van der Waals surface area contributed by atoms with Crippen LogP contribution in [0.25, 0.3) is 6.08 Å². The summed E-state index contributed by atoms with van der Waals surface area (Å²) in [5, 5.41) is 19.1. The van der Waals surface area contributed by atoms with Crippen LogP contribution in [0.1, 0.15) is 5.56 Å². The fourth-order valence-electron chi connectivity index (χ4n) is 1.05. The predicted octanol–water partition coefficient (Wildman–Crippen LogP) is 1.18. The molecular weight excluding hydrogens is 184 g/mol. The van der Waals surface area contributed by atoms with Gasteiger partial charge in [-0.25, -0.2) is 0 Å². The van der Waals surface area contributed by atoms with E-state index in [4.69, 9.17) is 10.8 Å². The van der Waals surface area contributed by atoms with Gasteiger partial charge < -0.3 is 10.8 Å². The highest BCUT2D eigenvalue weighted by molar-refractivity contribution is 5.65. The largest absolute Gasteiger partial charge is 0.399 e. The molecule has 0 spiro atoms. The number of nitrogens with zero attached hydrogens (tertiary/aromatic N) is 1. The third-order valence-electron chi connectivity index (χ3n) is 1.65. The van der Waals surface area contributed by atoms with Gasteiger partial charge in [-0.3, -0.25) is 10.1 Å². The normalized spacial score (nSPS) is 10.6. The second-order valence-electron chi connectivity index (χ2n) is 2.66. The molecule has 1 aromatic carbocycles. The van der Waals surface area contributed by atoms with Crippen LogP contribution < -0.4 is 5.73 Å². The smallest absolute Gasteiger partial charge is 0.276 e. The number of nitrogens with two attached hydrogens (primary N) is 1. The van der Waals surface area contributed by atoms with E-state index in [1.807, 2.05) is 0 Å². The lowest BCUT2D eigenvalue weighted by molar-refractivity contribution is -0.385. The zero-order valence-corrected chi connectivity index (χ0v) is 7.38. The number of nitrogen functional groups attached to an aromatic ring is 1. The Labute approximate surface area is 80.6 Å². The molecule has 0 aromatic heterocycles. The van der Waals surface area contributed by atoms with Crippen LogP contribution >= 0.6 is 0 Å². The molecule has 74 valence electrons. The fourth-order valence-corrected chi connectivity index (χ4v) is 1.05. The lowest BCUT2D eigenvalue weighted by Crippen LogP contribution is -1.93. The van der Waals surface area contributed by atoms with E-state index in [1.54, 1.807) is 0 Å². The van der Waals surface area contributed by atoms with Gasteiger partial charge in [-0.2, -0.15) is 0 Å². The first-order chi connectivity index (χ1) is 6.65. The summed E-state index contributed by atoms with van der Waals surface area (Å²) in [7, 11) is 0. The van der Waals surface area contributed by atoms with Crippen molar-refractivity contribution in [3.8, 4) is 0 Å². The lowest BCUT2D eigenvalue weighted by Gasteiger charge is -1.98. The third kappa shape index (κ3) is 2.30. The number of nitro groups is 1. The molecule has 0 unspecified atom stereocenters. The molecule has 0 fully saturated rings. The highest BCUT2D eigenvalue weighted by atomic mass is 16.6. The number of rotatable bonds is 3. The summed E-state index contributed by atoms with van der Waals surface area (Å²) >= 11 is 0. The molecule has 1 rings (SSSR count). The van der Waals surface area contributed by atoms with Gasteiger partial charge >= 0.3 is 0 Å². The van der Waals surface area contributed by atoms with E-state index < -0.39 is 4.92 Å². The minimum absolute atomic E-state index is 0.0242. The van der Waals surface area contributed by atoms with Crippen LogP contribution in [0.4, 0.5) is 11.4 Å². The number of hydrogen-bond acceptors (Lipinski definition) is 4. The molecule has 0 aliphatic carbocycles. The van der Waals surface area contributed by atoms with Gasteiger partial charge in [-0.05, 0) is 18.2 Å². The van der Waals surface area contributed by atoms with E-state index in [0.717, 1.165) is 0 Å². The first-order valence-corrected chi connectivity index (χ1v) is 3.96. The summed E-state index contributed by atoms with van der Waals surface area (Å²) in [5.74, 6) is 0. The lowest BCUT2D eigenvalue weighted by atomic mass is 10.1. The zero-order valence-electron chi connectivity index (χ0n) is 7.38. The number of hydrogen-bond donors (Lipinski definition) is 2. The third-order valence-corrected chi connectivity index (χ3v) is 1.65. The average Bonchev–Trinajstić information content (AvgIpc) is 2.14. The van der Waals surface area contributed by atoms with E-state index in [1.165, 1.54) is 30.4 Å². The minimum Gasteiger partial charge on any atom is -0.399 e. The van der Waals surface area contributed by atoms with E-state index >= 15 is 0 Å². The first-order valence-electron chi connectivity index (χ1n) is 3.96. The minimum atomic E-state index is -0.490. The predicted molar refractivity (Wildman–Crippen MR) is 53.6 cm³/mol. The average molecular weight is 194 g/mol. The molecule has 0 heterocycles. The van der Waals surface area contributed by atoms with Crippen LogP contribution in [0.5, 0.6) is 0 Å². The summed E-state index contributed by atoms with van der Waals surface area (Å²) in [5.41, 5.74) is 6.30. The quantitative estimate of drug-likeness (QED) is 0.429. The molecule has 0 aliphatic rings. The maximum atomic E-state index is 10.6. The van der Waals surface area contributed by atoms with Crippen molar-refractivity contribution >= 4 is 17.5 Å². The standard InChI is InChI=1S/C9H10N2O3/c10-8-3-4-9(11(13)14)7(6-8)2-1-5-12/h1-4,6,12H,5,10H2. The number of aliphatic hydroxyl groups is 1. The van der Waals surface area contributed by atoms with Crippen molar-refractivity contribution in [2.45, 2.75) is 0 Å². The van der Waals surface area contributed by atoms with Crippen molar-refractivity contribution < 1.29 is 10.0 Å². The highest BCUT2D eigenvalue weighted by Gasteiger charge is 2.10. The fraction of sp³-hybridized carbons (Fsp3) is 0.111. The van der Waals surface area contributed by atoms with Gasteiger partial charge in [0.15, 0.2) is 0 Å². The summed E-state index contributed by atoms with van der Waals surface area (Å²) in [6.45, 7) is -0.161. The van der Waals surface area contributed by atoms with Crippen LogP contribution in [-0.2, 0) is 0 Å². The Kier molecular flexibility index (Phi) is 3.19. The summed E-state index contributed by atoms with van der Waals surface area (Å²) < 4.78 is 0. The van der Waals surface area contributed by atoms with E-state index in [0.29, 0.717) is 11.3 Å². The molecule has 0 saturated carbocycles. The first kappa shape index (κ1) is 10.2. The Bertz CT molecular complexity index is 374. The number of benzene rings is 1. The summed E-state index contributed by atoms with van der Waals surface area (Å²) in [6.07, 6.45) is 2.89. The summed E-state index contributed by atoms with van der Waals surface area (Å²) in [4.78, 5) is 10.1. The Morgan fingerprint density at radius 3 is 2.86 bits per heavy atom. The molecule has 0 radical (unpaired) electrons. The number of aliphatic hydroxyl groups excluding tert-OH is 1. The second kappa shape index (κ2) is 4.38. The molecule has 0 atom stereocenters. The molecule has 0 saturated heterocycles. The van der Waals surface area contributed by atoms with Crippen LogP contribution in [-0.4, -0.2) is 16.6 Å². The molecule has 0 bridgehead atoms. The maximum absolute atomic E-state index is 10.6. The van der Waals surface area contributed by atoms with Gasteiger partial charge in [0.2, 0.25) is 0 Å². The van der Waals surface area contributed by atoms with Crippen LogP contribution in [0.3, 0.4) is 0 Å². The summed E-state index contributed by atoms with van der Waals surface area (Å²) in [6, 6.07) is 4.30. The number of anilines is 1. The van der Waals surface area contributed by atoms with Gasteiger partial charge in [0.25, 0.3) is 5.69 Å². The Morgan fingerprint density at radius 2 is 2.29 bits per heavy atom. The van der Waals surface area contributed by atoms with Gasteiger partial charge in [-0.15, -0.1) is 0 Å². The Morgan fingerprint density at radius 1 is 1.57 bits per heavy atom. The van der Waals surface area contributed by atoms with Crippen LogP contribution in [0.2, 0.25) is 0 Å². The molecule has 14 heavy (non-hydrogen) atoms. The molecule has 5 nitrogen and oxygen atoms in total. The molecule has 0 amide bonds. The molecule has 3 N–H and O–H groups in total. The Balaban J connectivity index is 3.15. The maximum Gasteiger partial charge on any atom is 0.276 e. The van der Waals surface area contributed by atoms with E-state index in [2.05, 4.69) is 0 Å². The van der Waals surface area contributed by atoms with Gasteiger partial charge in [0, 0.05) is 11.8 Å². The second-order valence-corrected chi connectivity index (χ2v) is 2.66. The van der Waals surface area contributed by atoms with Crippen molar-refractivity contribution in [2.24, 2.45) is 0 Å².